The summed E-state index contributed by atoms with van der Waals surface area (Å²) >= 11 is 0. The number of aliphatic carboxylic acids is 1. The van der Waals surface area contributed by atoms with E-state index in [0.29, 0.717) is 12.2 Å². The van der Waals surface area contributed by atoms with Crippen molar-refractivity contribution in [1.29, 1.82) is 0 Å². The van der Waals surface area contributed by atoms with Crippen molar-refractivity contribution in [2.24, 2.45) is 0 Å². The lowest BCUT2D eigenvalue weighted by Gasteiger charge is -2.06. The minimum Gasteiger partial charge on any atom is -0.480 e. The average Bonchev–Trinajstić information content (AvgIpc) is 3.07. The second-order valence-corrected chi connectivity index (χ2v) is 4.92. The Kier molecular flexibility index (Phi) is 5.30. The van der Waals surface area contributed by atoms with Gasteiger partial charge in [0.15, 0.2) is 0 Å². The molecule has 2 rings (SSSR count). The number of hydrogen-bond acceptors (Lipinski definition) is 4. The molecule has 1 aromatic rings. The topological polar surface area (TPSA) is 109 Å². The van der Waals surface area contributed by atoms with E-state index in [1.807, 2.05) is 0 Å². The van der Waals surface area contributed by atoms with Gasteiger partial charge < -0.3 is 15.7 Å². The number of carbonyl (C=O) groups excluding carboxylic acids is 1. The van der Waals surface area contributed by atoms with Crippen molar-refractivity contribution in [3.8, 4) is 0 Å². The summed E-state index contributed by atoms with van der Waals surface area (Å²) < 4.78 is 1.21. The highest BCUT2D eigenvalue weighted by Crippen LogP contribution is 2.19. The maximum absolute atomic E-state index is 11.6. The molecule has 1 aliphatic rings. The second kappa shape index (κ2) is 7.41. The summed E-state index contributed by atoms with van der Waals surface area (Å²) in [7, 11) is 0. The Labute approximate surface area is 122 Å². The Balaban J connectivity index is 1.63. The zero-order valence-corrected chi connectivity index (χ0v) is 11.7. The van der Waals surface area contributed by atoms with E-state index in [1.165, 1.54) is 22.9 Å². The lowest BCUT2D eigenvalue weighted by molar-refractivity contribution is -0.137. The molecule has 0 fully saturated rings. The van der Waals surface area contributed by atoms with Crippen molar-refractivity contribution in [1.82, 2.24) is 25.6 Å². The highest BCUT2D eigenvalue weighted by molar-refractivity contribution is 5.73. The molecule has 21 heavy (non-hydrogen) atoms. The van der Waals surface area contributed by atoms with E-state index in [0.717, 1.165) is 19.3 Å². The van der Waals surface area contributed by atoms with Crippen molar-refractivity contribution < 1.29 is 14.7 Å². The van der Waals surface area contributed by atoms with E-state index >= 15 is 0 Å². The Morgan fingerprint density at radius 2 is 2.24 bits per heavy atom. The molecule has 0 spiro atoms. The predicted molar refractivity (Wildman–Crippen MR) is 74.4 cm³/mol. The maximum Gasteiger partial charge on any atom is 0.325 e. The van der Waals surface area contributed by atoms with Crippen molar-refractivity contribution in [3.05, 3.63) is 23.5 Å². The Morgan fingerprint density at radius 3 is 2.95 bits per heavy atom. The molecule has 0 aliphatic heterocycles. The normalized spacial score (nSPS) is 13.8. The Morgan fingerprint density at radius 1 is 1.38 bits per heavy atom. The summed E-state index contributed by atoms with van der Waals surface area (Å²) in [6.07, 6.45) is 8.12. The number of hydrogen-bond donors (Lipinski definition) is 3. The van der Waals surface area contributed by atoms with Crippen LogP contribution in [0.5, 0.6) is 0 Å². The summed E-state index contributed by atoms with van der Waals surface area (Å²) in [6.45, 7) is 0.589. The number of amides is 2. The number of nitrogens with zero attached hydrogens (tertiary/aromatic N) is 3. The van der Waals surface area contributed by atoms with Crippen LogP contribution in [0, 0.1) is 0 Å². The fourth-order valence-corrected chi connectivity index (χ4v) is 2.17. The molecule has 0 saturated heterocycles. The van der Waals surface area contributed by atoms with Crippen LogP contribution in [0.2, 0.25) is 0 Å². The molecule has 2 amide bonds. The van der Waals surface area contributed by atoms with Crippen LogP contribution in [0.4, 0.5) is 4.79 Å². The standard InChI is InChI=1S/C13H19N5O3/c19-12(20)9-18-8-11(16-17-18)7-15-13(21)14-6-5-10-3-1-2-4-10/h3,8H,1-2,4-7,9H2,(H,19,20)(H2,14,15,21). The number of carbonyl (C=O) groups is 2. The minimum atomic E-state index is -0.988. The van der Waals surface area contributed by atoms with E-state index in [4.69, 9.17) is 5.11 Å². The van der Waals surface area contributed by atoms with Crippen LogP contribution in [0.25, 0.3) is 0 Å². The summed E-state index contributed by atoms with van der Waals surface area (Å²) in [5, 5.41) is 21.5. The van der Waals surface area contributed by atoms with Crippen LogP contribution in [-0.2, 0) is 17.9 Å². The third kappa shape index (κ3) is 5.25. The quantitative estimate of drug-likeness (QED) is 0.640. The third-order valence-electron chi connectivity index (χ3n) is 3.18. The molecule has 114 valence electrons. The number of carboxylic acids is 1. The van der Waals surface area contributed by atoms with Gasteiger partial charge in [-0.3, -0.25) is 4.79 Å². The van der Waals surface area contributed by atoms with Crippen LogP contribution in [-0.4, -0.2) is 38.6 Å². The fraction of sp³-hybridized carbons (Fsp3) is 0.538. The van der Waals surface area contributed by atoms with Crippen LogP contribution in [0.1, 0.15) is 31.4 Å². The summed E-state index contributed by atoms with van der Waals surface area (Å²) in [4.78, 5) is 22.1. The number of allylic oxidation sites excluding steroid dienone is 1. The van der Waals surface area contributed by atoms with Gasteiger partial charge in [-0.05, 0) is 25.7 Å². The van der Waals surface area contributed by atoms with E-state index < -0.39 is 5.97 Å². The van der Waals surface area contributed by atoms with Crippen molar-refractivity contribution in [3.63, 3.8) is 0 Å². The molecule has 0 bridgehead atoms. The molecule has 0 atom stereocenters. The average molecular weight is 293 g/mol. The van der Waals surface area contributed by atoms with Crippen molar-refractivity contribution in [2.45, 2.75) is 38.8 Å². The molecular formula is C13H19N5O3. The number of aromatic nitrogens is 3. The van der Waals surface area contributed by atoms with Gasteiger partial charge in [-0.1, -0.05) is 16.9 Å². The number of carboxylic acid groups (broad SMARTS) is 1. The number of rotatable bonds is 7. The first-order chi connectivity index (χ1) is 10.1. The van der Waals surface area contributed by atoms with Crippen molar-refractivity contribution in [2.75, 3.05) is 6.54 Å². The SMILES string of the molecule is O=C(O)Cn1cc(CNC(=O)NCCC2=CCCC2)nn1. The monoisotopic (exact) mass is 293 g/mol. The van der Waals surface area contributed by atoms with Crippen LogP contribution in [0.15, 0.2) is 17.8 Å². The Hall–Kier alpha value is -2.38. The van der Waals surface area contributed by atoms with Gasteiger partial charge in [0.25, 0.3) is 0 Å². The second-order valence-electron chi connectivity index (χ2n) is 4.92. The summed E-state index contributed by atoms with van der Waals surface area (Å²) in [5.41, 5.74) is 1.93. The first-order valence-corrected chi connectivity index (χ1v) is 6.94. The van der Waals surface area contributed by atoms with Gasteiger partial charge in [0, 0.05) is 6.54 Å². The highest BCUT2D eigenvalue weighted by Gasteiger charge is 2.07. The molecule has 1 aliphatic carbocycles. The Bertz CT molecular complexity index is 538. The maximum atomic E-state index is 11.6. The summed E-state index contributed by atoms with van der Waals surface area (Å²) in [6, 6.07) is -0.263. The lowest BCUT2D eigenvalue weighted by atomic mass is 10.2. The van der Waals surface area contributed by atoms with E-state index in [2.05, 4.69) is 27.0 Å². The van der Waals surface area contributed by atoms with Gasteiger partial charge >= 0.3 is 12.0 Å². The van der Waals surface area contributed by atoms with E-state index in [-0.39, 0.29) is 19.1 Å². The van der Waals surface area contributed by atoms with E-state index in [9.17, 15) is 9.59 Å². The minimum absolute atomic E-state index is 0.216. The van der Waals surface area contributed by atoms with Gasteiger partial charge in [-0.2, -0.15) is 0 Å². The zero-order chi connectivity index (χ0) is 15.1. The smallest absolute Gasteiger partial charge is 0.325 e. The molecule has 1 aromatic heterocycles. The number of nitrogens with one attached hydrogen (secondary N) is 2. The van der Waals surface area contributed by atoms with Crippen LogP contribution < -0.4 is 10.6 Å². The van der Waals surface area contributed by atoms with Gasteiger partial charge in [0.1, 0.15) is 12.2 Å². The molecule has 0 radical (unpaired) electrons. The van der Waals surface area contributed by atoms with Gasteiger partial charge in [0.05, 0.1) is 12.7 Å². The van der Waals surface area contributed by atoms with Crippen molar-refractivity contribution >= 4 is 12.0 Å². The molecule has 0 aromatic carbocycles. The van der Waals surface area contributed by atoms with Crippen LogP contribution >= 0.6 is 0 Å². The van der Waals surface area contributed by atoms with Gasteiger partial charge in [-0.15, -0.1) is 5.10 Å². The molecule has 0 saturated carbocycles. The third-order valence-corrected chi connectivity index (χ3v) is 3.18. The first kappa shape index (κ1) is 15.0. The molecule has 0 unspecified atom stereocenters. The number of urea groups is 1. The lowest BCUT2D eigenvalue weighted by Crippen LogP contribution is -2.35. The van der Waals surface area contributed by atoms with E-state index in [1.54, 1.807) is 0 Å². The molecule has 1 heterocycles. The first-order valence-electron chi connectivity index (χ1n) is 6.94. The zero-order valence-electron chi connectivity index (χ0n) is 11.7. The molecule has 3 N–H and O–H groups in total. The fourth-order valence-electron chi connectivity index (χ4n) is 2.17. The highest BCUT2D eigenvalue weighted by atomic mass is 16.4. The largest absolute Gasteiger partial charge is 0.480 e. The predicted octanol–water partition coefficient (Wildman–Crippen LogP) is 0.662. The van der Waals surface area contributed by atoms with Crippen LogP contribution in [0.3, 0.4) is 0 Å². The molecule has 8 heteroatoms. The van der Waals surface area contributed by atoms with Gasteiger partial charge in [-0.25, -0.2) is 9.48 Å². The summed E-state index contributed by atoms with van der Waals surface area (Å²) in [5.74, 6) is -0.988. The molecular weight excluding hydrogens is 274 g/mol. The van der Waals surface area contributed by atoms with Gasteiger partial charge in [0.2, 0.25) is 0 Å². The molecule has 8 nitrogen and oxygen atoms in total.